The van der Waals surface area contributed by atoms with E-state index in [4.69, 9.17) is 5.11 Å². The number of carboxylic acid groups (broad SMARTS) is 1. The zero-order valence-electron chi connectivity index (χ0n) is 14.1. The van der Waals surface area contributed by atoms with Crippen molar-refractivity contribution in [3.05, 3.63) is 59.9 Å². The van der Waals surface area contributed by atoms with Crippen LogP contribution in [0.5, 0.6) is 0 Å². The number of carboxylic acids is 1. The van der Waals surface area contributed by atoms with E-state index in [2.05, 4.69) is 34.6 Å². The molecule has 0 spiro atoms. The minimum Gasteiger partial charge on any atom is -0.476 e. The molecule has 7 nitrogen and oxygen atoms in total. The van der Waals surface area contributed by atoms with Gasteiger partial charge in [-0.2, -0.15) is 0 Å². The van der Waals surface area contributed by atoms with Crippen LogP contribution in [-0.4, -0.2) is 43.4 Å². The lowest BCUT2D eigenvalue weighted by molar-refractivity contribution is -0.133. The number of amides is 1. The normalized spacial score (nSPS) is 16.9. The second-order valence-electron chi connectivity index (χ2n) is 6.42. The summed E-state index contributed by atoms with van der Waals surface area (Å²) in [7, 11) is 0. The van der Waals surface area contributed by atoms with Crippen LogP contribution in [0, 0.1) is 0 Å². The van der Waals surface area contributed by atoms with E-state index in [1.165, 1.54) is 10.9 Å². The van der Waals surface area contributed by atoms with Gasteiger partial charge in [-0.25, -0.2) is 9.48 Å². The Morgan fingerprint density at radius 3 is 2.77 bits per heavy atom. The summed E-state index contributed by atoms with van der Waals surface area (Å²) in [5, 5.41) is 18.5. The monoisotopic (exact) mass is 350 g/mol. The van der Waals surface area contributed by atoms with Gasteiger partial charge >= 0.3 is 5.97 Å². The molecular formula is C19H18N4O3. The standard InChI is InChI=1S/C19H18N4O3/c24-18(12-22-11-16(19(25)26)20-21-22)23-10-4-9-17(23)15-8-3-6-13-5-1-2-7-14(13)15/h1-3,5-8,11,17H,4,9-10,12H2,(H,25,26). The molecule has 1 aliphatic rings. The Hall–Kier alpha value is -3.22. The van der Waals surface area contributed by atoms with E-state index in [1.54, 1.807) is 0 Å². The average molecular weight is 350 g/mol. The zero-order chi connectivity index (χ0) is 18.1. The molecule has 1 fully saturated rings. The van der Waals surface area contributed by atoms with Crippen LogP contribution in [0.25, 0.3) is 10.8 Å². The fraction of sp³-hybridized carbons (Fsp3) is 0.263. The maximum Gasteiger partial charge on any atom is 0.358 e. The molecule has 2 aromatic carbocycles. The van der Waals surface area contributed by atoms with E-state index in [-0.39, 0.29) is 24.2 Å². The molecule has 1 N–H and O–H groups in total. The van der Waals surface area contributed by atoms with Gasteiger partial charge in [0.25, 0.3) is 0 Å². The molecule has 1 saturated heterocycles. The van der Waals surface area contributed by atoms with Crippen LogP contribution in [-0.2, 0) is 11.3 Å². The van der Waals surface area contributed by atoms with Crippen LogP contribution >= 0.6 is 0 Å². The molecule has 4 rings (SSSR count). The summed E-state index contributed by atoms with van der Waals surface area (Å²) in [5.41, 5.74) is 0.989. The first-order valence-electron chi connectivity index (χ1n) is 8.54. The zero-order valence-corrected chi connectivity index (χ0v) is 14.1. The molecular weight excluding hydrogens is 332 g/mol. The minimum atomic E-state index is -1.15. The molecule has 1 unspecified atom stereocenters. The lowest BCUT2D eigenvalue weighted by Gasteiger charge is -2.26. The number of carbonyl (C=O) groups excluding carboxylic acids is 1. The second kappa shape index (κ2) is 6.59. The highest BCUT2D eigenvalue weighted by Crippen LogP contribution is 2.36. The number of fused-ring (bicyclic) bond motifs is 1. The Morgan fingerprint density at radius 2 is 1.96 bits per heavy atom. The Bertz CT molecular complexity index is 976. The average Bonchev–Trinajstić information content (AvgIpc) is 3.30. The summed E-state index contributed by atoms with van der Waals surface area (Å²) in [6.45, 7) is 0.675. The van der Waals surface area contributed by atoms with Gasteiger partial charge in [0.1, 0.15) is 6.54 Å². The van der Waals surface area contributed by atoms with E-state index in [0.29, 0.717) is 6.54 Å². The molecule has 7 heteroatoms. The third-order valence-corrected chi connectivity index (χ3v) is 4.81. The summed E-state index contributed by atoms with van der Waals surface area (Å²) in [5.74, 6) is -1.24. The lowest BCUT2D eigenvalue weighted by atomic mass is 9.97. The smallest absolute Gasteiger partial charge is 0.358 e. The van der Waals surface area contributed by atoms with Crippen molar-refractivity contribution in [2.75, 3.05) is 6.54 Å². The molecule has 2 heterocycles. The van der Waals surface area contributed by atoms with E-state index in [1.807, 2.05) is 23.1 Å². The van der Waals surface area contributed by atoms with Crippen molar-refractivity contribution in [2.45, 2.75) is 25.4 Å². The number of rotatable bonds is 4. The molecule has 26 heavy (non-hydrogen) atoms. The third kappa shape index (κ3) is 2.92. The van der Waals surface area contributed by atoms with Crippen molar-refractivity contribution in [3.8, 4) is 0 Å². The quantitative estimate of drug-likeness (QED) is 0.781. The molecule has 1 atom stereocenters. The van der Waals surface area contributed by atoms with Gasteiger partial charge in [-0.1, -0.05) is 47.7 Å². The number of nitrogens with zero attached hydrogens (tertiary/aromatic N) is 4. The van der Waals surface area contributed by atoms with Crippen molar-refractivity contribution < 1.29 is 14.7 Å². The summed E-state index contributed by atoms with van der Waals surface area (Å²) >= 11 is 0. The van der Waals surface area contributed by atoms with E-state index >= 15 is 0 Å². The van der Waals surface area contributed by atoms with Crippen LogP contribution in [0.4, 0.5) is 0 Å². The summed E-state index contributed by atoms with van der Waals surface area (Å²) in [6.07, 6.45) is 3.14. The fourth-order valence-corrected chi connectivity index (χ4v) is 3.63. The van der Waals surface area contributed by atoms with Crippen LogP contribution in [0.3, 0.4) is 0 Å². The van der Waals surface area contributed by atoms with Gasteiger partial charge in [0.05, 0.1) is 12.2 Å². The Balaban J connectivity index is 1.59. The first kappa shape index (κ1) is 16.3. The van der Waals surface area contributed by atoms with Crippen LogP contribution < -0.4 is 0 Å². The minimum absolute atomic E-state index is 0.0124. The molecule has 0 bridgehead atoms. The SMILES string of the molecule is O=C(O)c1cn(CC(=O)N2CCCC2c2cccc3ccccc23)nn1. The lowest BCUT2D eigenvalue weighted by Crippen LogP contribution is -2.33. The van der Waals surface area contributed by atoms with Gasteiger partial charge in [-0.15, -0.1) is 5.10 Å². The van der Waals surface area contributed by atoms with Gasteiger partial charge in [-0.05, 0) is 29.2 Å². The highest BCUT2D eigenvalue weighted by Gasteiger charge is 2.31. The Morgan fingerprint density at radius 1 is 1.15 bits per heavy atom. The van der Waals surface area contributed by atoms with Crippen molar-refractivity contribution in [1.29, 1.82) is 0 Å². The van der Waals surface area contributed by atoms with Gasteiger partial charge < -0.3 is 10.0 Å². The molecule has 1 aromatic heterocycles. The van der Waals surface area contributed by atoms with Crippen molar-refractivity contribution in [2.24, 2.45) is 0 Å². The number of aromatic nitrogens is 3. The van der Waals surface area contributed by atoms with E-state index in [9.17, 15) is 9.59 Å². The van der Waals surface area contributed by atoms with Crippen LogP contribution in [0.15, 0.2) is 48.7 Å². The van der Waals surface area contributed by atoms with Gasteiger partial charge in [-0.3, -0.25) is 4.79 Å². The predicted octanol–water partition coefficient (Wildman–Crippen LogP) is 2.49. The molecule has 0 saturated carbocycles. The number of likely N-dealkylation sites (tertiary alicyclic amines) is 1. The third-order valence-electron chi connectivity index (χ3n) is 4.81. The highest BCUT2D eigenvalue weighted by molar-refractivity contribution is 5.87. The number of hydrogen-bond acceptors (Lipinski definition) is 4. The first-order valence-corrected chi connectivity index (χ1v) is 8.54. The van der Waals surface area contributed by atoms with Gasteiger partial charge in [0.2, 0.25) is 5.91 Å². The summed E-state index contributed by atoms with van der Waals surface area (Å²) in [4.78, 5) is 25.6. The summed E-state index contributed by atoms with van der Waals surface area (Å²) in [6, 6.07) is 14.4. The van der Waals surface area contributed by atoms with E-state index < -0.39 is 5.97 Å². The Kier molecular flexibility index (Phi) is 4.12. The van der Waals surface area contributed by atoms with Crippen LogP contribution in [0.1, 0.15) is 34.9 Å². The number of hydrogen-bond donors (Lipinski definition) is 1. The largest absolute Gasteiger partial charge is 0.476 e. The van der Waals surface area contributed by atoms with Crippen molar-refractivity contribution in [1.82, 2.24) is 19.9 Å². The number of carbonyl (C=O) groups is 2. The molecule has 3 aromatic rings. The second-order valence-corrected chi connectivity index (χ2v) is 6.42. The fourth-order valence-electron chi connectivity index (χ4n) is 3.63. The number of aromatic carboxylic acids is 1. The van der Waals surface area contributed by atoms with Crippen molar-refractivity contribution in [3.63, 3.8) is 0 Å². The molecule has 0 aliphatic carbocycles. The van der Waals surface area contributed by atoms with Crippen molar-refractivity contribution >= 4 is 22.6 Å². The molecule has 132 valence electrons. The topological polar surface area (TPSA) is 88.3 Å². The molecule has 1 aliphatic heterocycles. The summed E-state index contributed by atoms with van der Waals surface area (Å²) < 4.78 is 1.28. The molecule has 1 amide bonds. The van der Waals surface area contributed by atoms with E-state index in [0.717, 1.165) is 29.2 Å². The maximum atomic E-state index is 12.8. The molecule has 0 radical (unpaired) electrons. The number of benzene rings is 2. The Labute approximate surface area is 149 Å². The van der Waals surface area contributed by atoms with Gasteiger partial charge in [0, 0.05) is 6.54 Å². The van der Waals surface area contributed by atoms with Crippen LogP contribution in [0.2, 0.25) is 0 Å². The predicted molar refractivity (Wildman–Crippen MR) is 94.6 cm³/mol. The first-order chi connectivity index (χ1) is 12.6. The maximum absolute atomic E-state index is 12.8. The highest BCUT2D eigenvalue weighted by atomic mass is 16.4. The van der Waals surface area contributed by atoms with Gasteiger partial charge in [0.15, 0.2) is 5.69 Å².